The van der Waals surface area contributed by atoms with E-state index in [2.05, 4.69) is 44.5 Å². The van der Waals surface area contributed by atoms with Crippen molar-refractivity contribution in [3.05, 3.63) is 60.1 Å². The van der Waals surface area contributed by atoms with Gasteiger partial charge in [-0.1, -0.05) is 30.3 Å². The first-order valence-electron chi connectivity index (χ1n) is 8.20. The number of hydrogen-bond acceptors (Lipinski definition) is 6. The molecule has 1 aromatic carbocycles. The maximum Gasteiger partial charge on any atom is 0.267 e. The van der Waals surface area contributed by atoms with Gasteiger partial charge >= 0.3 is 0 Å². The van der Waals surface area contributed by atoms with E-state index in [9.17, 15) is 4.79 Å². The summed E-state index contributed by atoms with van der Waals surface area (Å²) in [6, 6.07) is 10.8. The maximum absolute atomic E-state index is 10.9. The Hall–Kier alpha value is -2.19. The van der Waals surface area contributed by atoms with Gasteiger partial charge in [-0.2, -0.15) is 0 Å². The van der Waals surface area contributed by atoms with Crippen molar-refractivity contribution < 1.29 is 10.0 Å². The summed E-state index contributed by atoms with van der Waals surface area (Å²) in [4.78, 5) is 21.9. The third-order valence-electron chi connectivity index (χ3n) is 4.06. The van der Waals surface area contributed by atoms with Crippen molar-refractivity contribution in [1.82, 2.24) is 20.3 Å². The van der Waals surface area contributed by atoms with Crippen LogP contribution in [0.4, 0.5) is 5.82 Å². The topological polar surface area (TPSA) is 90.4 Å². The van der Waals surface area contributed by atoms with Gasteiger partial charge in [-0.15, -0.1) is 24.8 Å². The van der Waals surface area contributed by atoms with Crippen LogP contribution in [-0.4, -0.2) is 45.1 Å². The van der Waals surface area contributed by atoms with E-state index < -0.39 is 5.91 Å². The number of rotatable bonds is 6. The minimum absolute atomic E-state index is 0. The van der Waals surface area contributed by atoms with E-state index in [1.165, 1.54) is 23.2 Å². The zero-order chi connectivity index (χ0) is 17.5. The Kier molecular flexibility index (Phi) is 9.74. The number of halogens is 2. The van der Waals surface area contributed by atoms with Crippen LogP contribution >= 0.6 is 24.8 Å². The number of nitrogens with one attached hydrogen (secondary N) is 2. The highest BCUT2D eigenvalue weighted by Crippen LogP contribution is 2.16. The molecule has 1 atom stereocenters. The molecule has 9 heteroatoms. The zero-order valence-corrected chi connectivity index (χ0v) is 16.2. The molecule has 0 saturated carbocycles. The zero-order valence-electron chi connectivity index (χ0n) is 14.6. The number of benzene rings is 1. The van der Waals surface area contributed by atoms with Gasteiger partial charge < -0.3 is 5.32 Å². The van der Waals surface area contributed by atoms with E-state index in [0.29, 0.717) is 11.7 Å². The average molecular weight is 412 g/mol. The van der Waals surface area contributed by atoms with Gasteiger partial charge in [-0.05, 0) is 18.1 Å². The van der Waals surface area contributed by atoms with Gasteiger partial charge in [0.15, 0.2) is 0 Å². The summed E-state index contributed by atoms with van der Waals surface area (Å²) >= 11 is 0. The van der Waals surface area contributed by atoms with Crippen molar-refractivity contribution in [2.45, 2.75) is 19.0 Å². The number of nitrogens with zero attached hydrogens (tertiary/aromatic N) is 3. The second kappa shape index (κ2) is 11.5. The van der Waals surface area contributed by atoms with Crippen LogP contribution in [0.2, 0.25) is 0 Å². The fraction of sp³-hybridized carbons (Fsp3) is 0.278. The summed E-state index contributed by atoms with van der Waals surface area (Å²) in [5.41, 5.74) is 3.40. The molecule has 3 rings (SSSR count). The molecule has 146 valence electrons. The van der Waals surface area contributed by atoms with Crippen molar-refractivity contribution in [3.63, 3.8) is 0 Å². The van der Waals surface area contributed by atoms with Crippen LogP contribution in [0.5, 0.6) is 0 Å². The molecule has 2 aromatic rings. The molecule has 0 spiro atoms. The first-order chi connectivity index (χ1) is 12.2. The lowest BCUT2D eigenvalue weighted by atomic mass is 10.2. The van der Waals surface area contributed by atoms with Gasteiger partial charge in [0.05, 0.1) is 18.1 Å². The number of aromatic nitrogens is 2. The van der Waals surface area contributed by atoms with Crippen LogP contribution in [0, 0.1) is 0 Å². The second-order valence-corrected chi connectivity index (χ2v) is 5.99. The number of hydrogen-bond donors (Lipinski definition) is 3. The van der Waals surface area contributed by atoms with Gasteiger partial charge in [-0.25, -0.2) is 10.5 Å². The lowest BCUT2D eigenvalue weighted by molar-refractivity contribution is -0.124. The minimum Gasteiger partial charge on any atom is -0.365 e. The van der Waals surface area contributed by atoms with Crippen LogP contribution in [0.3, 0.4) is 0 Å². The van der Waals surface area contributed by atoms with Crippen LogP contribution < -0.4 is 10.8 Å². The number of carbonyl (C=O) groups is 1. The molecule has 0 unspecified atom stereocenters. The lowest BCUT2D eigenvalue weighted by Crippen LogP contribution is -2.26. The van der Waals surface area contributed by atoms with Crippen molar-refractivity contribution in [1.29, 1.82) is 0 Å². The van der Waals surface area contributed by atoms with E-state index in [1.807, 2.05) is 6.07 Å². The highest BCUT2D eigenvalue weighted by Gasteiger charge is 2.22. The molecule has 1 saturated heterocycles. The molecule has 2 heterocycles. The maximum atomic E-state index is 10.9. The van der Waals surface area contributed by atoms with Gasteiger partial charge in [0, 0.05) is 31.8 Å². The van der Waals surface area contributed by atoms with Crippen LogP contribution in [0.1, 0.15) is 17.7 Å². The smallest absolute Gasteiger partial charge is 0.267 e. The molecular weight excluding hydrogens is 389 g/mol. The molecule has 1 aromatic heterocycles. The molecule has 3 N–H and O–H groups in total. The number of anilines is 1. The Morgan fingerprint density at radius 2 is 2.00 bits per heavy atom. The second-order valence-electron chi connectivity index (χ2n) is 5.99. The molecule has 7 nitrogen and oxygen atoms in total. The van der Waals surface area contributed by atoms with Crippen LogP contribution in [0.25, 0.3) is 6.08 Å². The number of likely N-dealkylation sites (tertiary alicyclic amines) is 1. The van der Waals surface area contributed by atoms with E-state index in [4.69, 9.17) is 5.21 Å². The Labute approximate surface area is 170 Å². The fourth-order valence-corrected chi connectivity index (χ4v) is 2.84. The summed E-state index contributed by atoms with van der Waals surface area (Å²) in [7, 11) is 0. The Morgan fingerprint density at radius 1 is 1.22 bits per heavy atom. The molecule has 0 aliphatic carbocycles. The fourth-order valence-electron chi connectivity index (χ4n) is 2.84. The Balaban J connectivity index is 0.00000182. The van der Waals surface area contributed by atoms with E-state index in [1.54, 1.807) is 12.4 Å². The minimum atomic E-state index is -0.603. The molecule has 0 radical (unpaired) electrons. The third kappa shape index (κ3) is 7.15. The van der Waals surface area contributed by atoms with Gasteiger partial charge in [-0.3, -0.25) is 19.9 Å². The molecule has 0 bridgehead atoms. The van der Waals surface area contributed by atoms with Crippen molar-refractivity contribution in [3.8, 4) is 0 Å². The van der Waals surface area contributed by atoms with Gasteiger partial charge in [0.25, 0.3) is 5.91 Å². The number of hydroxylamine groups is 1. The average Bonchev–Trinajstić information content (AvgIpc) is 3.08. The van der Waals surface area contributed by atoms with E-state index in [0.717, 1.165) is 31.9 Å². The molecule has 1 aliphatic rings. The monoisotopic (exact) mass is 411 g/mol. The predicted octanol–water partition coefficient (Wildman–Crippen LogP) is 2.53. The van der Waals surface area contributed by atoms with Crippen molar-refractivity contribution in [2.24, 2.45) is 0 Å². The summed E-state index contributed by atoms with van der Waals surface area (Å²) in [5, 5.41) is 11.8. The lowest BCUT2D eigenvalue weighted by Gasteiger charge is -2.17. The van der Waals surface area contributed by atoms with Gasteiger partial charge in [0.2, 0.25) is 0 Å². The largest absolute Gasteiger partial charge is 0.365 e. The van der Waals surface area contributed by atoms with Gasteiger partial charge in [0.1, 0.15) is 5.82 Å². The summed E-state index contributed by atoms with van der Waals surface area (Å²) in [5.74, 6) is 0.115. The first kappa shape index (κ1) is 22.9. The summed E-state index contributed by atoms with van der Waals surface area (Å²) < 4.78 is 0. The third-order valence-corrected chi connectivity index (χ3v) is 4.06. The molecule has 1 amide bonds. The highest BCUT2D eigenvalue weighted by molar-refractivity contribution is 5.90. The normalized spacial score (nSPS) is 16.4. The Morgan fingerprint density at radius 3 is 2.67 bits per heavy atom. The molecular formula is C18H23Cl2N5O2. The molecule has 27 heavy (non-hydrogen) atoms. The number of amides is 1. The van der Waals surface area contributed by atoms with Crippen molar-refractivity contribution in [2.75, 3.05) is 18.4 Å². The quantitative estimate of drug-likeness (QED) is 0.384. The molecule has 1 fully saturated rings. The number of carbonyl (C=O) groups excluding carboxylic acids is 1. The Bertz CT molecular complexity index is 728. The predicted molar refractivity (Wildman–Crippen MR) is 109 cm³/mol. The standard InChI is InChI=1S/C18H21N5O2.2ClH/c24-18(22-25)7-6-15-10-20-17(11-19-15)21-16-8-9-23(13-16)12-14-4-2-1-3-5-14;;/h1-7,10-11,16,25H,8-9,12-13H2,(H,20,21)(H,22,24);2*1H/b7-6+;;/t16-;;/m1../s1. The SMILES string of the molecule is Cl.Cl.O=C(/C=C/c1cnc(N[C@@H]2CCN(Cc3ccccc3)C2)cn1)NO. The summed E-state index contributed by atoms with van der Waals surface area (Å²) in [6.45, 7) is 2.98. The summed E-state index contributed by atoms with van der Waals surface area (Å²) in [6.07, 6.45) is 6.97. The highest BCUT2D eigenvalue weighted by atomic mass is 35.5. The van der Waals surface area contributed by atoms with E-state index in [-0.39, 0.29) is 24.8 Å². The molecule has 1 aliphatic heterocycles. The van der Waals surface area contributed by atoms with Crippen LogP contribution in [0.15, 0.2) is 48.8 Å². The van der Waals surface area contributed by atoms with Crippen molar-refractivity contribution >= 4 is 42.6 Å². The first-order valence-corrected chi connectivity index (χ1v) is 8.20. The van der Waals surface area contributed by atoms with Crippen LogP contribution in [-0.2, 0) is 11.3 Å². The van der Waals surface area contributed by atoms with E-state index >= 15 is 0 Å².